The number of nitrogens with zero attached hydrogens (tertiary/aromatic N) is 2. The summed E-state index contributed by atoms with van der Waals surface area (Å²) in [7, 11) is -3.52. The maximum absolute atomic E-state index is 13.0. The van der Waals surface area contributed by atoms with E-state index in [1.807, 2.05) is 0 Å². The van der Waals surface area contributed by atoms with Gasteiger partial charge >= 0.3 is 0 Å². The minimum absolute atomic E-state index is 0.224. The third-order valence-electron chi connectivity index (χ3n) is 6.98. The highest BCUT2D eigenvalue weighted by atomic mass is 35.5. The van der Waals surface area contributed by atoms with Crippen LogP contribution in [0.3, 0.4) is 0 Å². The monoisotopic (exact) mass is 430 g/mol. The largest absolute Gasteiger partial charge is 0.371 e. The van der Waals surface area contributed by atoms with Crippen molar-refractivity contribution in [2.24, 2.45) is 5.41 Å². The van der Waals surface area contributed by atoms with E-state index < -0.39 is 10.0 Å². The van der Waals surface area contributed by atoms with Gasteiger partial charge in [-0.2, -0.15) is 4.31 Å². The van der Waals surface area contributed by atoms with E-state index in [0.717, 1.165) is 38.3 Å². The zero-order valence-corrected chi connectivity index (χ0v) is 18.1. The molecule has 5 rings (SSSR count). The van der Waals surface area contributed by atoms with Crippen molar-refractivity contribution >= 4 is 27.3 Å². The number of sulfonamides is 1. The molecule has 29 heavy (non-hydrogen) atoms. The van der Waals surface area contributed by atoms with E-state index in [1.54, 1.807) is 28.6 Å². The molecule has 0 N–H and O–H groups in total. The molecule has 3 aliphatic rings. The van der Waals surface area contributed by atoms with E-state index in [0.29, 0.717) is 18.1 Å². The smallest absolute Gasteiger partial charge is 0.244 e. The Kier molecular flexibility index (Phi) is 4.88. The van der Waals surface area contributed by atoms with Gasteiger partial charge in [-0.1, -0.05) is 35.9 Å². The zero-order valence-electron chi connectivity index (χ0n) is 16.6. The lowest BCUT2D eigenvalue weighted by molar-refractivity contribution is 0.177. The van der Waals surface area contributed by atoms with Crippen LogP contribution in [0.5, 0.6) is 0 Å². The van der Waals surface area contributed by atoms with Gasteiger partial charge in [-0.25, -0.2) is 8.42 Å². The molecule has 6 heteroatoms. The molecule has 0 aromatic heterocycles. The Morgan fingerprint density at radius 2 is 1.55 bits per heavy atom. The van der Waals surface area contributed by atoms with E-state index in [2.05, 4.69) is 29.2 Å². The van der Waals surface area contributed by atoms with E-state index in [9.17, 15) is 8.42 Å². The fourth-order valence-corrected chi connectivity index (χ4v) is 6.87. The van der Waals surface area contributed by atoms with Crippen molar-refractivity contribution < 1.29 is 8.42 Å². The zero-order chi connectivity index (χ0) is 20.1. The van der Waals surface area contributed by atoms with Gasteiger partial charge in [-0.15, -0.1) is 0 Å². The second-order valence-corrected chi connectivity index (χ2v) is 11.2. The standard InChI is InChI=1S/C23H27ClN2O2S/c24-21-3-1-2-4-22(21)29(27,28)26-15-12-23(13-16-26)11-14-25(17-23)20-9-7-19(8-10-20)18-5-6-18/h1-4,7-10,18H,5-6,11-17H2. The van der Waals surface area contributed by atoms with E-state index in [4.69, 9.17) is 11.6 Å². The Bertz CT molecular complexity index is 994. The van der Waals surface area contributed by atoms with Crippen molar-refractivity contribution in [3.05, 3.63) is 59.1 Å². The van der Waals surface area contributed by atoms with Crippen LogP contribution in [0.2, 0.25) is 5.02 Å². The first-order valence-electron chi connectivity index (χ1n) is 10.6. The Morgan fingerprint density at radius 1 is 0.897 bits per heavy atom. The van der Waals surface area contributed by atoms with Crippen LogP contribution in [-0.2, 0) is 10.0 Å². The number of rotatable bonds is 4. The lowest BCUT2D eigenvalue weighted by atomic mass is 9.78. The normalized spacial score (nSPS) is 22.3. The van der Waals surface area contributed by atoms with Gasteiger partial charge in [0, 0.05) is 31.9 Å². The SMILES string of the molecule is O=S(=O)(c1ccccc1Cl)N1CCC2(CCN(c3ccc(C4CC4)cc3)C2)CC1. The van der Waals surface area contributed by atoms with Gasteiger partial charge in [0.25, 0.3) is 0 Å². The molecule has 1 aliphatic carbocycles. The first-order valence-corrected chi connectivity index (χ1v) is 12.4. The number of anilines is 1. The Morgan fingerprint density at radius 3 is 2.21 bits per heavy atom. The van der Waals surface area contributed by atoms with Gasteiger partial charge in [0.05, 0.1) is 5.02 Å². The molecule has 2 heterocycles. The Balaban J connectivity index is 1.25. The summed E-state index contributed by atoms with van der Waals surface area (Å²) in [5.41, 5.74) is 3.00. The van der Waals surface area contributed by atoms with Crippen LogP contribution >= 0.6 is 11.6 Å². The molecule has 2 aromatic carbocycles. The van der Waals surface area contributed by atoms with Gasteiger partial charge in [-0.3, -0.25) is 0 Å². The summed E-state index contributed by atoms with van der Waals surface area (Å²) in [4.78, 5) is 2.70. The molecular formula is C23H27ClN2O2S. The summed E-state index contributed by atoms with van der Waals surface area (Å²) in [6.45, 7) is 3.22. The molecule has 0 amide bonds. The van der Waals surface area contributed by atoms with Gasteiger partial charge < -0.3 is 4.90 Å². The molecule has 0 unspecified atom stereocenters. The highest BCUT2D eigenvalue weighted by Gasteiger charge is 2.43. The predicted molar refractivity (Wildman–Crippen MR) is 117 cm³/mol. The molecule has 1 spiro atoms. The summed E-state index contributed by atoms with van der Waals surface area (Å²) in [6, 6.07) is 15.8. The van der Waals surface area contributed by atoms with Crippen molar-refractivity contribution in [3.63, 3.8) is 0 Å². The highest BCUT2D eigenvalue weighted by Crippen LogP contribution is 2.44. The van der Waals surface area contributed by atoms with Crippen LogP contribution in [0.15, 0.2) is 53.4 Å². The second kappa shape index (κ2) is 7.29. The maximum atomic E-state index is 13.0. The summed E-state index contributed by atoms with van der Waals surface area (Å²) < 4.78 is 27.7. The first kappa shape index (κ1) is 19.4. The van der Waals surface area contributed by atoms with Crippen LogP contribution in [0.4, 0.5) is 5.69 Å². The molecule has 2 aliphatic heterocycles. The van der Waals surface area contributed by atoms with Crippen LogP contribution in [0.1, 0.15) is 43.6 Å². The molecule has 0 atom stereocenters. The maximum Gasteiger partial charge on any atom is 0.244 e. The molecule has 4 nitrogen and oxygen atoms in total. The van der Waals surface area contributed by atoms with Gasteiger partial charge in [0.15, 0.2) is 0 Å². The molecule has 1 saturated carbocycles. The third kappa shape index (κ3) is 3.69. The topological polar surface area (TPSA) is 40.6 Å². The summed E-state index contributed by atoms with van der Waals surface area (Å²) in [5.74, 6) is 0.790. The molecule has 2 aromatic rings. The number of halogens is 1. The van der Waals surface area contributed by atoms with Gasteiger partial charge in [0.2, 0.25) is 10.0 Å². The quantitative estimate of drug-likeness (QED) is 0.692. The Hall–Kier alpha value is -1.56. The number of benzene rings is 2. The van der Waals surface area contributed by atoms with Crippen molar-refractivity contribution in [2.75, 3.05) is 31.1 Å². The van der Waals surface area contributed by atoms with E-state index in [1.165, 1.54) is 24.1 Å². The minimum Gasteiger partial charge on any atom is -0.371 e. The summed E-state index contributed by atoms with van der Waals surface area (Å²) in [5, 5.41) is 0.300. The molecule has 154 valence electrons. The fourth-order valence-electron chi connectivity index (χ4n) is 4.93. The lowest BCUT2D eigenvalue weighted by Gasteiger charge is -2.38. The second-order valence-electron chi connectivity index (χ2n) is 8.87. The van der Waals surface area contributed by atoms with Crippen molar-refractivity contribution in [1.29, 1.82) is 0 Å². The third-order valence-corrected chi connectivity index (χ3v) is 9.38. The van der Waals surface area contributed by atoms with Crippen LogP contribution in [0.25, 0.3) is 0 Å². The molecule has 0 bridgehead atoms. The van der Waals surface area contributed by atoms with Crippen molar-refractivity contribution in [3.8, 4) is 0 Å². The Labute approximate surface area is 178 Å². The van der Waals surface area contributed by atoms with Gasteiger partial charge in [-0.05, 0) is 73.3 Å². The summed E-state index contributed by atoms with van der Waals surface area (Å²) >= 11 is 6.16. The molecule has 3 fully saturated rings. The highest BCUT2D eigenvalue weighted by molar-refractivity contribution is 7.89. The van der Waals surface area contributed by atoms with E-state index >= 15 is 0 Å². The number of hydrogen-bond donors (Lipinski definition) is 0. The van der Waals surface area contributed by atoms with Crippen LogP contribution in [0, 0.1) is 5.41 Å². The van der Waals surface area contributed by atoms with Crippen LogP contribution in [-0.4, -0.2) is 38.9 Å². The molecular weight excluding hydrogens is 404 g/mol. The predicted octanol–water partition coefficient (Wildman–Crippen LogP) is 4.90. The minimum atomic E-state index is -3.52. The van der Waals surface area contributed by atoms with Gasteiger partial charge in [0.1, 0.15) is 4.90 Å². The lowest BCUT2D eigenvalue weighted by Crippen LogP contribution is -2.44. The van der Waals surface area contributed by atoms with Crippen molar-refractivity contribution in [1.82, 2.24) is 4.31 Å². The number of piperidine rings is 1. The average molecular weight is 431 g/mol. The van der Waals surface area contributed by atoms with Crippen molar-refractivity contribution in [2.45, 2.75) is 42.9 Å². The average Bonchev–Trinajstić information content (AvgIpc) is 3.51. The van der Waals surface area contributed by atoms with E-state index in [-0.39, 0.29) is 10.3 Å². The fraction of sp³-hybridized carbons (Fsp3) is 0.478. The number of hydrogen-bond acceptors (Lipinski definition) is 3. The molecule has 2 saturated heterocycles. The first-order chi connectivity index (χ1) is 14.0. The van der Waals surface area contributed by atoms with Crippen LogP contribution < -0.4 is 4.90 Å². The summed E-state index contributed by atoms with van der Waals surface area (Å²) in [6.07, 6.45) is 5.62. The molecule has 0 radical (unpaired) electrons.